The number of hydrogen-bond donors (Lipinski definition) is 0. The number of para-hydroxylation sites is 1. The summed E-state index contributed by atoms with van der Waals surface area (Å²) in [7, 11) is 4.30. The molecule has 1 rings (SSSR count). The van der Waals surface area contributed by atoms with Crippen molar-refractivity contribution in [2.75, 3.05) is 21.2 Å². The third-order valence-corrected chi connectivity index (χ3v) is 2.69. The third kappa shape index (κ3) is 4.63. The Labute approximate surface area is 131 Å². The average Bonchev–Trinajstić information content (AvgIpc) is 2.49. The molecule has 0 aromatic heterocycles. The van der Waals surface area contributed by atoms with Crippen LogP contribution in [0.25, 0.3) is 5.57 Å². The van der Waals surface area contributed by atoms with Gasteiger partial charge in [0.2, 0.25) is 0 Å². The maximum absolute atomic E-state index is 11.5. The Morgan fingerprint density at radius 3 is 2.30 bits per heavy atom. The van der Waals surface area contributed by atoms with E-state index in [0.717, 1.165) is 13.2 Å². The molecule has 0 spiro atoms. The first-order chi connectivity index (χ1) is 10.8. The van der Waals surface area contributed by atoms with E-state index < -0.39 is 21.5 Å². The van der Waals surface area contributed by atoms with Crippen LogP contribution in [0, 0.1) is 20.2 Å². The molecule has 9 nitrogen and oxygen atoms in total. The molecule has 0 saturated carbocycles. The Morgan fingerprint density at radius 1 is 1.22 bits per heavy atom. The van der Waals surface area contributed by atoms with Gasteiger partial charge in [-0.05, 0) is 6.07 Å². The molecule has 1 aromatic carbocycles. The molecule has 9 heteroatoms. The highest BCUT2D eigenvalue weighted by Gasteiger charge is 2.25. The van der Waals surface area contributed by atoms with Crippen LogP contribution in [0.15, 0.2) is 42.2 Å². The summed E-state index contributed by atoms with van der Waals surface area (Å²) in [6.07, 6.45) is 2.39. The number of carbonyl (C=O) groups excluding carboxylic acids is 1. The zero-order valence-electron chi connectivity index (χ0n) is 12.8. The topological polar surface area (TPSA) is 116 Å². The van der Waals surface area contributed by atoms with Crippen LogP contribution in [0.3, 0.4) is 0 Å². The number of nitro benzene ring substituents is 1. The number of rotatable bonds is 6. The van der Waals surface area contributed by atoms with Crippen LogP contribution in [0.4, 0.5) is 5.69 Å². The van der Waals surface area contributed by atoms with E-state index >= 15 is 0 Å². The predicted molar refractivity (Wildman–Crippen MR) is 81.9 cm³/mol. The van der Waals surface area contributed by atoms with Crippen molar-refractivity contribution in [3.8, 4) is 0 Å². The monoisotopic (exact) mass is 321 g/mol. The lowest BCUT2D eigenvalue weighted by Crippen LogP contribution is -2.13. The summed E-state index contributed by atoms with van der Waals surface area (Å²) in [5.41, 5.74) is -0.767. The number of nitrogens with zero attached hydrogens (tertiary/aromatic N) is 3. The highest BCUT2D eigenvalue weighted by atomic mass is 16.6. The molecule has 0 amide bonds. The Bertz CT molecular complexity index is 694. The second-order valence-electron chi connectivity index (χ2n) is 4.60. The molecule has 0 bridgehead atoms. The van der Waals surface area contributed by atoms with Crippen molar-refractivity contribution >= 4 is 17.2 Å². The van der Waals surface area contributed by atoms with Crippen molar-refractivity contribution in [2.45, 2.75) is 0 Å². The van der Waals surface area contributed by atoms with E-state index in [0.29, 0.717) is 0 Å². The van der Waals surface area contributed by atoms with Gasteiger partial charge in [-0.15, -0.1) is 0 Å². The van der Waals surface area contributed by atoms with E-state index in [1.165, 1.54) is 24.4 Å². The Morgan fingerprint density at radius 2 is 1.83 bits per heavy atom. The molecule has 0 atom stereocenters. The lowest BCUT2D eigenvalue weighted by molar-refractivity contribution is -0.421. The third-order valence-electron chi connectivity index (χ3n) is 2.69. The van der Waals surface area contributed by atoms with Crippen molar-refractivity contribution in [3.05, 3.63) is 68.0 Å². The van der Waals surface area contributed by atoms with Crippen LogP contribution in [0.5, 0.6) is 0 Å². The van der Waals surface area contributed by atoms with Gasteiger partial charge in [0.05, 0.1) is 22.5 Å². The van der Waals surface area contributed by atoms with Crippen LogP contribution in [0.2, 0.25) is 0 Å². The van der Waals surface area contributed by atoms with Gasteiger partial charge >= 0.3 is 11.7 Å². The minimum atomic E-state index is -1.14. The summed E-state index contributed by atoms with van der Waals surface area (Å²) in [5, 5.41) is 22.2. The van der Waals surface area contributed by atoms with Gasteiger partial charge in [0.25, 0.3) is 5.69 Å². The summed E-state index contributed by atoms with van der Waals surface area (Å²) < 4.78 is 4.37. The van der Waals surface area contributed by atoms with E-state index in [1.807, 2.05) is 0 Å². The first-order valence-electron chi connectivity index (χ1n) is 6.34. The quantitative estimate of drug-likeness (QED) is 0.258. The van der Waals surface area contributed by atoms with Gasteiger partial charge in [-0.2, -0.15) is 0 Å². The maximum Gasteiger partial charge on any atom is 0.409 e. The molecule has 1 aromatic rings. The van der Waals surface area contributed by atoms with Crippen molar-refractivity contribution in [3.63, 3.8) is 0 Å². The van der Waals surface area contributed by atoms with Crippen LogP contribution in [-0.2, 0) is 9.53 Å². The van der Waals surface area contributed by atoms with Crippen LogP contribution >= 0.6 is 0 Å². The summed E-state index contributed by atoms with van der Waals surface area (Å²) in [5.74, 6) is -1.14. The van der Waals surface area contributed by atoms with Gasteiger partial charge in [0.15, 0.2) is 0 Å². The van der Waals surface area contributed by atoms with E-state index in [-0.39, 0.29) is 16.8 Å². The number of allylic oxidation sites excluding steroid dienone is 2. The van der Waals surface area contributed by atoms with Crippen molar-refractivity contribution in [2.24, 2.45) is 0 Å². The molecule has 0 aliphatic carbocycles. The van der Waals surface area contributed by atoms with Crippen molar-refractivity contribution < 1.29 is 19.4 Å². The first kappa shape index (κ1) is 17.8. The fraction of sp³-hybridized carbons (Fsp3) is 0.214. The molecule has 23 heavy (non-hydrogen) atoms. The van der Waals surface area contributed by atoms with Crippen LogP contribution in [-0.4, -0.2) is 41.9 Å². The molecule has 0 aliphatic heterocycles. The summed E-state index contributed by atoms with van der Waals surface area (Å²) in [4.78, 5) is 33.7. The number of nitro groups is 2. The van der Waals surface area contributed by atoms with E-state index in [4.69, 9.17) is 0 Å². The molecular weight excluding hydrogens is 306 g/mol. The normalized spacial score (nSPS) is 11.8. The minimum Gasteiger partial charge on any atom is -0.461 e. The molecule has 0 N–H and O–H groups in total. The zero-order chi connectivity index (χ0) is 17.6. The Kier molecular flexibility index (Phi) is 5.95. The number of ether oxygens (including phenoxy) is 1. The minimum absolute atomic E-state index is 0.138. The van der Waals surface area contributed by atoms with Gasteiger partial charge < -0.3 is 9.64 Å². The molecular formula is C14H15N3O6. The van der Waals surface area contributed by atoms with Gasteiger partial charge in [0, 0.05) is 38.0 Å². The molecule has 0 saturated heterocycles. The van der Waals surface area contributed by atoms with E-state index in [2.05, 4.69) is 4.74 Å². The smallest absolute Gasteiger partial charge is 0.409 e. The summed E-state index contributed by atoms with van der Waals surface area (Å²) >= 11 is 0. The van der Waals surface area contributed by atoms with Crippen molar-refractivity contribution in [1.82, 2.24) is 4.90 Å². The summed E-state index contributed by atoms with van der Waals surface area (Å²) in [6, 6.07) is 5.76. The van der Waals surface area contributed by atoms with Crippen LogP contribution < -0.4 is 0 Å². The average molecular weight is 321 g/mol. The van der Waals surface area contributed by atoms with Gasteiger partial charge in [-0.1, -0.05) is 12.1 Å². The Hall–Kier alpha value is -3.23. The second kappa shape index (κ2) is 7.69. The predicted octanol–water partition coefficient (Wildman–Crippen LogP) is 1.83. The number of carbonyl (C=O) groups is 1. The highest BCUT2D eigenvalue weighted by molar-refractivity contribution is 5.91. The standard InChI is InChI=1S/C14H15N3O6/c1-15(2)9-10(8-13(17(21)22)14(18)23-3)11-6-4-5-7-12(11)16(19)20/h4-9H,1-3H3/b10-9+,13-8+. The lowest BCUT2D eigenvalue weighted by atomic mass is 10.0. The van der Waals surface area contributed by atoms with E-state index in [9.17, 15) is 25.0 Å². The molecule has 0 unspecified atom stereocenters. The zero-order valence-corrected chi connectivity index (χ0v) is 12.8. The SMILES string of the molecule is COC(=O)/C(=C\C(=C/N(C)C)c1ccccc1[N+](=O)[O-])[N+](=O)[O-]. The largest absolute Gasteiger partial charge is 0.461 e. The molecule has 0 heterocycles. The van der Waals surface area contributed by atoms with Crippen molar-refractivity contribution in [1.29, 1.82) is 0 Å². The van der Waals surface area contributed by atoms with Crippen LogP contribution in [0.1, 0.15) is 5.56 Å². The maximum atomic E-state index is 11.5. The fourth-order valence-electron chi connectivity index (χ4n) is 1.78. The van der Waals surface area contributed by atoms with E-state index in [1.54, 1.807) is 25.1 Å². The Balaban J connectivity index is 3.58. The second-order valence-corrected chi connectivity index (χ2v) is 4.60. The first-order valence-corrected chi connectivity index (χ1v) is 6.34. The fourth-order valence-corrected chi connectivity index (χ4v) is 1.78. The number of benzene rings is 1. The lowest BCUT2D eigenvalue weighted by Gasteiger charge is -2.09. The van der Waals surface area contributed by atoms with Gasteiger partial charge in [0.1, 0.15) is 0 Å². The molecule has 122 valence electrons. The number of hydrogen-bond acceptors (Lipinski definition) is 7. The molecule has 0 aliphatic rings. The number of esters is 1. The number of methoxy groups -OCH3 is 1. The molecule has 0 fully saturated rings. The summed E-state index contributed by atoms with van der Waals surface area (Å²) in [6.45, 7) is 0. The van der Waals surface area contributed by atoms with Gasteiger partial charge in [-0.3, -0.25) is 20.2 Å². The highest BCUT2D eigenvalue weighted by Crippen LogP contribution is 2.28. The molecule has 0 radical (unpaired) electrons. The van der Waals surface area contributed by atoms with Gasteiger partial charge in [-0.25, -0.2) is 4.79 Å².